The van der Waals surface area contributed by atoms with Crippen LogP contribution in [0.1, 0.15) is 6.92 Å². The first-order chi connectivity index (χ1) is 7.52. The Balaban J connectivity index is 0.000000280. The molecule has 0 aliphatic carbocycles. The molecule has 0 atom stereocenters. The molecule has 0 bridgehead atoms. The van der Waals surface area contributed by atoms with Crippen molar-refractivity contribution in [1.82, 2.24) is 4.57 Å². The van der Waals surface area contributed by atoms with E-state index in [0.29, 0.717) is 0 Å². The number of carboxylic acid groups (broad SMARTS) is 1. The largest absolute Gasteiger partial charge is 0.464 e. The summed E-state index contributed by atoms with van der Waals surface area (Å²) in [5.74, 6) is 0. The summed E-state index contributed by atoms with van der Waals surface area (Å²) in [5.41, 5.74) is 0.727. The zero-order valence-corrected chi connectivity index (χ0v) is 10.1. The zero-order chi connectivity index (χ0) is 12.1. The summed E-state index contributed by atoms with van der Waals surface area (Å²) >= 11 is 10.1. The van der Waals surface area contributed by atoms with Crippen molar-refractivity contribution in [2.75, 3.05) is 0 Å². The second kappa shape index (κ2) is 5.77. The molecule has 1 aromatic carbocycles. The first-order valence-corrected chi connectivity index (χ1v) is 5.47. The Morgan fingerprint density at radius 2 is 1.88 bits per heavy atom. The maximum Gasteiger partial charge on any atom is 0.415 e. The Kier molecular flexibility index (Phi) is 4.65. The van der Waals surface area contributed by atoms with Crippen LogP contribution in [0.4, 0.5) is 4.79 Å². The molecule has 0 fully saturated rings. The Hall–Kier alpha value is -1.19. The lowest BCUT2D eigenvalue weighted by atomic mass is 10.2. The SMILES string of the molecule is CC(Cl)Cl.O=C(O)n1ccc2ccccc21. The van der Waals surface area contributed by atoms with Gasteiger partial charge in [-0.15, -0.1) is 23.2 Å². The number of rotatable bonds is 0. The molecule has 0 aliphatic rings. The quantitative estimate of drug-likeness (QED) is 0.728. The van der Waals surface area contributed by atoms with Crippen molar-refractivity contribution in [3.8, 4) is 0 Å². The molecule has 1 N–H and O–H groups in total. The van der Waals surface area contributed by atoms with Gasteiger partial charge in [-0.3, -0.25) is 4.57 Å². The summed E-state index contributed by atoms with van der Waals surface area (Å²) in [5, 5.41) is 9.68. The summed E-state index contributed by atoms with van der Waals surface area (Å²) in [6.45, 7) is 1.70. The highest BCUT2D eigenvalue weighted by molar-refractivity contribution is 6.43. The molecular formula is C11H11Cl2NO2. The van der Waals surface area contributed by atoms with Crippen LogP contribution in [-0.4, -0.2) is 20.6 Å². The average Bonchev–Trinajstić information content (AvgIpc) is 2.59. The summed E-state index contributed by atoms with van der Waals surface area (Å²) in [6.07, 6.45) is 0.601. The van der Waals surface area contributed by atoms with Gasteiger partial charge in [0.05, 0.1) is 5.52 Å². The molecule has 0 unspecified atom stereocenters. The number of hydrogen-bond donors (Lipinski definition) is 1. The van der Waals surface area contributed by atoms with E-state index in [4.69, 9.17) is 28.3 Å². The summed E-state index contributed by atoms with van der Waals surface area (Å²) < 4.78 is 1.20. The van der Waals surface area contributed by atoms with Gasteiger partial charge >= 0.3 is 6.09 Å². The molecule has 0 saturated carbocycles. The lowest BCUT2D eigenvalue weighted by Gasteiger charge is -1.95. The van der Waals surface area contributed by atoms with E-state index in [1.54, 1.807) is 25.3 Å². The van der Waals surface area contributed by atoms with Crippen molar-refractivity contribution in [3.63, 3.8) is 0 Å². The van der Waals surface area contributed by atoms with E-state index in [0.717, 1.165) is 10.9 Å². The van der Waals surface area contributed by atoms with Crippen LogP contribution in [0.25, 0.3) is 10.9 Å². The molecule has 0 saturated heterocycles. The second-order valence-corrected chi connectivity index (χ2v) is 4.58. The van der Waals surface area contributed by atoms with Gasteiger partial charge in [-0.05, 0) is 19.1 Å². The van der Waals surface area contributed by atoms with E-state index in [2.05, 4.69) is 0 Å². The molecular weight excluding hydrogens is 249 g/mol. The number of alkyl halides is 2. The summed E-state index contributed by atoms with van der Waals surface area (Å²) in [4.78, 5) is 10.4. The van der Waals surface area contributed by atoms with Crippen LogP contribution >= 0.6 is 23.2 Å². The zero-order valence-electron chi connectivity index (χ0n) is 8.60. The third kappa shape index (κ3) is 3.43. The van der Waals surface area contributed by atoms with Crippen molar-refractivity contribution in [2.45, 2.75) is 11.8 Å². The van der Waals surface area contributed by atoms with E-state index in [1.165, 1.54) is 4.57 Å². The van der Waals surface area contributed by atoms with Crippen LogP contribution in [-0.2, 0) is 0 Å². The van der Waals surface area contributed by atoms with Crippen molar-refractivity contribution in [2.24, 2.45) is 0 Å². The molecule has 0 amide bonds. The Bertz CT molecular complexity index is 477. The number of carbonyl (C=O) groups is 1. The standard InChI is InChI=1S/C9H7NO2.C2H4Cl2/c11-9(12)10-6-5-7-3-1-2-4-8(7)10;1-2(3)4/h1-6H,(H,11,12);2H,1H3. The summed E-state index contributed by atoms with van der Waals surface area (Å²) in [6, 6.07) is 9.15. The number of para-hydroxylation sites is 1. The minimum absolute atomic E-state index is 0.222. The predicted octanol–water partition coefficient (Wildman–Crippen LogP) is 3.98. The molecule has 3 nitrogen and oxygen atoms in total. The smallest absolute Gasteiger partial charge is 0.415 e. The topological polar surface area (TPSA) is 42.2 Å². The van der Waals surface area contributed by atoms with Crippen molar-refractivity contribution in [1.29, 1.82) is 0 Å². The number of fused-ring (bicyclic) bond motifs is 1. The highest BCUT2D eigenvalue weighted by atomic mass is 35.5. The molecule has 0 aliphatic heterocycles. The minimum Gasteiger partial charge on any atom is -0.464 e. The monoisotopic (exact) mass is 259 g/mol. The fourth-order valence-corrected chi connectivity index (χ4v) is 1.25. The second-order valence-electron chi connectivity index (χ2n) is 3.05. The normalized spacial score (nSPS) is 10.0. The number of benzene rings is 1. The molecule has 86 valence electrons. The van der Waals surface area contributed by atoms with Crippen LogP contribution in [0.3, 0.4) is 0 Å². The van der Waals surface area contributed by atoms with E-state index >= 15 is 0 Å². The fourth-order valence-electron chi connectivity index (χ4n) is 1.25. The van der Waals surface area contributed by atoms with Gasteiger partial charge in [0, 0.05) is 11.6 Å². The fraction of sp³-hybridized carbons (Fsp3) is 0.182. The Morgan fingerprint density at radius 1 is 1.31 bits per heavy atom. The predicted molar refractivity (Wildman–Crippen MR) is 66.5 cm³/mol. The van der Waals surface area contributed by atoms with Gasteiger partial charge < -0.3 is 5.11 Å². The van der Waals surface area contributed by atoms with E-state index in [1.807, 2.05) is 18.2 Å². The average molecular weight is 260 g/mol. The number of aromatic nitrogens is 1. The van der Waals surface area contributed by atoms with Crippen molar-refractivity contribution >= 4 is 40.2 Å². The van der Waals surface area contributed by atoms with Crippen molar-refractivity contribution < 1.29 is 9.90 Å². The lowest BCUT2D eigenvalue weighted by Crippen LogP contribution is -2.05. The minimum atomic E-state index is -0.948. The van der Waals surface area contributed by atoms with E-state index < -0.39 is 6.09 Å². The van der Waals surface area contributed by atoms with Crippen LogP contribution < -0.4 is 0 Å². The number of hydrogen-bond acceptors (Lipinski definition) is 1. The van der Waals surface area contributed by atoms with Gasteiger partial charge in [-0.25, -0.2) is 4.79 Å². The highest BCUT2D eigenvalue weighted by Crippen LogP contribution is 2.14. The number of halogens is 2. The van der Waals surface area contributed by atoms with Crippen LogP contribution in [0.2, 0.25) is 0 Å². The van der Waals surface area contributed by atoms with Gasteiger partial charge in [-0.2, -0.15) is 0 Å². The molecule has 1 heterocycles. The van der Waals surface area contributed by atoms with Gasteiger partial charge in [0.1, 0.15) is 4.84 Å². The molecule has 2 rings (SSSR count). The van der Waals surface area contributed by atoms with Crippen LogP contribution in [0.5, 0.6) is 0 Å². The van der Waals surface area contributed by atoms with Gasteiger partial charge in [0.15, 0.2) is 0 Å². The summed E-state index contributed by atoms with van der Waals surface area (Å²) in [7, 11) is 0. The molecule has 5 heteroatoms. The van der Waals surface area contributed by atoms with Gasteiger partial charge in [0.2, 0.25) is 0 Å². The first-order valence-electron chi connectivity index (χ1n) is 4.60. The Labute approximate surface area is 103 Å². The van der Waals surface area contributed by atoms with Gasteiger partial charge in [-0.1, -0.05) is 18.2 Å². The van der Waals surface area contributed by atoms with E-state index in [9.17, 15) is 4.79 Å². The van der Waals surface area contributed by atoms with E-state index in [-0.39, 0.29) is 4.84 Å². The maximum atomic E-state index is 10.6. The van der Waals surface area contributed by atoms with Crippen LogP contribution in [0, 0.1) is 0 Å². The molecule has 0 radical (unpaired) electrons. The van der Waals surface area contributed by atoms with Crippen molar-refractivity contribution in [3.05, 3.63) is 36.5 Å². The van der Waals surface area contributed by atoms with Crippen LogP contribution in [0.15, 0.2) is 36.5 Å². The molecule has 1 aromatic heterocycles. The third-order valence-corrected chi connectivity index (χ3v) is 1.81. The molecule has 0 spiro atoms. The Morgan fingerprint density at radius 3 is 2.44 bits per heavy atom. The highest BCUT2D eigenvalue weighted by Gasteiger charge is 2.04. The number of nitrogens with zero attached hydrogens (tertiary/aromatic N) is 1. The third-order valence-electron chi connectivity index (χ3n) is 1.81. The first kappa shape index (κ1) is 12.9. The van der Waals surface area contributed by atoms with Gasteiger partial charge in [0.25, 0.3) is 0 Å². The molecule has 2 aromatic rings. The lowest BCUT2D eigenvalue weighted by molar-refractivity contribution is 0.197. The molecule has 16 heavy (non-hydrogen) atoms. The maximum absolute atomic E-state index is 10.6.